The van der Waals surface area contributed by atoms with Crippen molar-refractivity contribution in [3.05, 3.63) is 0 Å². The van der Waals surface area contributed by atoms with Crippen molar-refractivity contribution >= 4 is 0 Å². The van der Waals surface area contributed by atoms with E-state index in [1.165, 1.54) is 32.2 Å². The fourth-order valence-corrected chi connectivity index (χ4v) is 2.09. The van der Waals surface area contributed by atoms with E-state index in [1.54, 1.807) is 0 Å². The predicted molar refractivity (Wildman–Crippen MR) is 74.9 cm³/mol. The SMILES string of the molecule is CC(C)CCCCC(C)(C)CN(C)C(C)C. The summed E-state index contributed by atoms with van der Waals surface area (Å²) in [6.45, 7) is 15.2. The molecule has 0 aliphatic rings. The van der Waals surface area contributed by atoms with Gasteiger partial charge in [0, 0.05) is 12.6 Å². The van der Waals surface area contributed by atoms with Gasteiger partial charge in [-0.25, -0.2) is 0 Å². The van der Waals surface area contributed by atoms with Crippen LogP contribution in [-0.4, -0.2) is 24.5 Å². The molecule has 0 aromatic rings. The van der Waals surface area contributed by atoms with Gasteiger partial charge in [-0.3, -0.25) is 0 Å². The average Bonchev–Trinajstić information content (AvgIpc) is 2.11. The Morgan fingerprint density at radius 2 is 1.56 bits per heavy atom. The lowest BCUT2D eigenvalue weighted by molar-refractivity contribution is 0.164. The monoisotopic (exact) mass is 227 g/mol. The summed E-state index contributed by atoms with van der Waals surface area (Å²) in [6.07, 6.45) is 5.52. The van der Waals surface area contributed by atoms with E-state index in [-0.39, 0.29) is 0 Å². The molecule has 98 valence electrons. The fraction of sp³-hybridized carbons (Fsp3) is 1.00. The van der Waals surface area contributed by atoms with Crippen LogP contribution in [0.3, 0.4) is 0 Å². The van der Waals surface area contributed by atoms with Gasteiger partial charge in [0.15, 0.2) is 0 Å². The molecule has 0 radical (unpaired) electrons. The number of nitrogens with zero attached hydrogens (tertiary/aromatic N) is 1. The molecule has 0 unspecified atom stereocenters. The van der Waals surface area contributed by atoms with Gasteiger partial charge in [-0.05, 0) is 38.6 Å². The van der Waals surface area contributed by atoms with Crippen LogP contribution in [0.4, 0.5) is 0 Å². The molecule has 0 heterocycles. The van der Waals surface area contributed by atoms with Crippen molar-refractivity contribution in [1.29, 1.82) is 0 Å². The molecule has 0 aliphatic heterocycles. The van der Waals surface area contributed by atoms with E-state index < -0.39 is 0 Å². The van der Waals surface area contributed by atoms with Crippen molar-refractivity contribution in [2.45, 2.75) is 73.3 Å². The van der Waals surface area contributed by atoms with Gasteiger partial charge in [-0.1, -0.05) is 47.0 Å². The molecule has 0 atom stereocenters. The summed E-state index contributed by atoms with van der Waals surface area (Å²) < 4.78 is 0. The first-order valence-electron chi connectivity index (χ1n) is 6.95. The first-order chi connectivity index (χ1) is 7.24. The molecule has 0 rings (SSSR count). The summed E-state index contributed by atoms with van der Waals surface area (Å²) in [5, 5.41) is 0. The Bertz CT molecular complexity index is 170. The quantitative estimate of drug-likeness (QED) is 0.549. The van der Waals surface area contributed by atoms with E-state index in [0.717, 1.165) is 5.92 Å². The lowest BCUT2D eigenvalue weighted by Crippen LogP contribution is -2.35. The minimum Gasteiger partial charge on any atom is -0.303 e. The van der Waals surface area contributed by atoms with Gasteiger partial charge in [0.2, 0.25) is 0 Å². The molecule has 0 aromatic heterocycles. The molecule has 0 saturated carbocycles. The van der Waals surface area contributed by atoms with Crippen LogP contribution in [0.1, 0.15) is 67.2 Å². The molecule has 16 heavy (non-hydrogen) atoms. The van der Waals surface area contributed by atoms with Crippen molar-refractivity contribution in [2.75, 3.05) is 13.6 Å². The summed E-state index contributed by atoms with van der Waals surface area (Å²) in [5.41, 5.74) is 0.468. The summed E-state index contributed by atoms with van der Waals surface area (Å²) in [6, 6.07) is 0.662. The van der Waals surface area contributed by atoms with E-state index in [2.05, 4.69) is 53.5 Å². The first kappa shape index (κ1) is 16.0. The summed E-state index contributed by atoms with van der Waals surface area (Å²) in [4.78, 5) is 2.46. The second-order valence-corrected chi connectivity index (χ2v) is 6.81. The Labute approximate surface area is 104 Å². The molecule has 0 saturated heterocycles. The van der Waals surface area contributed by atoms with Crippen molar-refractivity contribution in [1.82, 2.24) is 4.90 Å². The third kappa shape index (κ3) is 8.15. The van der Waals surface area contributed by atoms with Crippen molar-refractivity contribution in [3.63, 3.8) is 0 Å². The standard InChI is InChI=1S/C15H33N/c1-13(2)10-8-9-11-15(5,6)12-16(7)14(3)4/h13-14H,8-12H2,1-7H3. The number of hydrogen-bond acceptors (Lipinski definition) is 1. The molecule has 0 aliphatic carbocycles. The van der Waals surface area contributed by atoms with E-state index in [1.807, 2.05) is 0 Å². The van der Waals surface area contributed by atoms with E-state index in [0.29, 0.717) is 11.5 Å². The van der Waals surface area contributed by atoms with Crippen LogP contribution in [0, 0.1) is 11.3 Å². The van der Waals surface area contributed by atoms with Crippen LogP contribution in [0.2, 0.25) is 0 Å². The molecular formula is C15H33N. The molecule has 0 spiro atoms. The van der Waals surface area contributed by atoms with Crippen molar-refractivity contribution in [3.8, 4) is 0 Å². The number of unbranched alkanes of at least 4 members (excludes halogenated alkanes) is 1. The van der Waals surface area contributed by atoms with Crippen LogP contribution in [0.15, 0.2) is 0 Å². The smallest absolute Gasteiger partial charge is 0.00357 e. The molecule has 0 amide bonds. The van der Waals surface area contributed by atoms with Crippen LogP contribution >= 0.6 is 0 Å². The Morgan fingerprint density at radius 1 is 1.00 bits per heavy atom. The molecule has 1 nitrogen and oxygen atoms in total. The van der Waals surface area contributed by atoms with E-state index in [9.17, 15) is 0 Å². The minimum atomic E-state index is 0.468. The van der Waals surface area contributed by atoms with Gasteiger partial charge < -0.3 is 4.90 Å². The zero-order valence-electron chi connectivity index (χ0n) is 12.6. The largest absolute Gasteiger partial charge is 0.303 e. The highest BCUT2D eigenvalue weighted by Gasteiger charge is 2.20. The topological polar surface area (TPSA) is 3.24 Å². The average molecular weight is 227 g/mol. The summed E-state index contributed by atoms with van der Waals surface area (Å²) in [5.74, 6) is 0.862. The zero-order valence-corrected chi connectivity index (χ0v) is 12.6. The molecule has 0 fully saturated rings. The Balaban J connectivity index is 3.78. The third-order valence-corrected chi connectivity index (χ3v) is 3.44. The van der Waals surface area contributed by atoms with Gasteiger partial charge >= 0.3 is 0 Å². The third-order valence-electron chi connectivity index (χ3n) is 3.44. The van der Waals surface area contributed by atoms with Gasteiger partial charge in [-0.15, -0.1) is 0 Å². The van der Waals surface area contributed by atoms with Crippen molar-refractivity contribution < 1.29 is 0 Å². The highest BCUT2D eigenvalue weighted by Crippen LogP contribution is 2.25. The van der Waals surface area contributed by atoms with Gasteiger partial charge in [-0.2, -0.15) is 0 Å². The van der Waals surface area contributed by atoms with Crippen molar-refractivity contribution in [2.24, 2.45) is 11.3 Å². The van der Waals surface area contributed by atoms with Gasteiger partial charge in [0.25, 0.3) is 0 Å². The molecule has 0 N–H and O–H groups in total. The second kappa shape index (κ2) is 7.32. The minimum absolute atomic E-state index is 0.468. The Hall–Kier alpha value is -0.0400. The lowest BCUT2D eigenvalue weighted by Gasteiger charge is -2.32. The Morgan fingerprint density at radius 3 is 2.00 bits per heavy atom. The van der Waals surface area contributed by atoms with Crippen LogP contribution in [0.25, 0.3) is 0 Å². The van der Waals surface area contributed by atoms with Crippen LogP contribution < -0.4 is 0 Å². The van der Waals surface area contributed by atoms with E-state index in [4.69, 9.17) is 0 Å². The number of hydrogen-bond donors (Lipinski definition) is 0. The normalized spacial score (nSPS) is 13.1. The van der Waals surface area contributed by atoms with E-state index >= 15 is 0 Å². The molecular weight excluding hydrogens is 194 g/mol. The van der Waals surface area contributed by atoms with Crippen LogP contribution in [-0.2, 0) is 0 Å². The van der Waals surface area contributed by atoms with Gasteiger partial charge in [0.05, 0.1) is 0 Å². The zero-order chi connectivity index (χ0) is 12.8. The lowest BCUT2D eigenvalue weighted by atomic mass is 9.85. The molecule has 0 bridgehead atoms. The summed E-state index contributed by atoms with van der Waals surface area (Å²) >= 11 is 0. The maximum absolute atomic E-state index is 2.46. The maximum atomic E-state index is 2.46. The first-order valence-corrected chi connectivity index (χ1v) is 6.95. The fourth-order valence-electron chi connectivity index (χ4n) is 2.09. The summed E-state index contributed by atoms with van der Waals surface area (Å²) in [7, 11) is 2.24. The maximum Gasteiger partial charge on any atom is 0.00357 e. The highest BCUT2D eigenvalue weighted by molar-refractivity contribution is 4.74. The Kier molecular flexibility index (Phi) is 7.30. The van der Waals surface area contributed by atoms with Gasteiger partial charge in [0.1, 0.15) is 0 Å². The molecule has 0 aromatic carbocycles. The second-order valence-electron chi connectivity index (χ2n) is 6.81. The number of rotatable bonds is 8. The molecule has 1 heteroatoms. The highest BCUT2D eigenvalue weighted by atomic mass is 15.1. The van der Waals surface area contributed by atoms with Crippen LogP contribution in [0.5, 0.6) is 0 Å². The predicted octanol–water partition coefficient (Wildman–Crippen LogP) is 4.57.